The van der Waals surface area contributed by atoms with E-state index in [2.05, 4.69) is 15.9 Å². The molecular weight excluding hydrogens is 212 g/mol. The summed E-state index contributed by atoms with van der Waals surface area (Å²) in [4.78, 5) is 10.5. The Bertz CT molecular complexity index is 127. The van der Waals surface area contributed by atoms with Gasteiger partial charge in [-0.1, -0.05) is 29.3 Å². The Morgan fingerprint density at radius 2 is 2.18 bits per heavy atom. The quantitative estimate of drug-likeness (QED) is 0.692. The molecule has 2 N–H and O–H groups in total. The van der Waals surface area contributed by atoms with Crippen molar-refractivity contribution in [2.75, 3.05) is 5.33 Å². The van der Waals surface area contributed by atoms with Gasteiger partial charge in [0.1, 0.15) is 0 Å². The maximum absolute atomic E-state index is 10.5. The summed E-state index contributed by atoms with van der Waals surface area (Å²) in [5.41, 5.74) is 0. The van der Waals surface area contributed by atoms with Crippen LogP contribution in [0.5, 0.6) is 0 Å². The van der Waals surface area contributed by atoms with Gasteiger partial charge in [0.05, 0.1) is 12.0 Å². The summed E-state index contributed by atoms with van der Waals surface area (Å²) in [6.45, 7) is 1.90. The number of alkyl halides is 1. The first-order valence-electron chi connectivity index (χ1n) is 3.60. The molecule has 0 saturated carbocycles. The Hall–Kier alpha value is -0.0900. The first-order valence-corrected chi connectivity index (χ1v) is 4.72. The van der Waals surface area contributed by atoms with Crippen molar-refractivity contribution < 1.29 is 15.0 Å². The molecule has 66 valence electrons. The SMILES string of the molecule is CCCC(C(=O)O)[C@@H](O)CBr. The molecule has 0 aromatic carbocycles. The van der Waals surface area contributed by atoms with Gasteiger partial charge in [-0.25, -0.2) is 0 Å². The number of aliphatic carboxylic acids is 1. The fourth-order valence-electron chi connectivity index (χ4n) is 0.899. The third kappa shape index (κ3) is 3.72. The summed E-state index contributed by atoms with van der Waals surface area (Å²) >= 11 is 3.04. The Morgan fingerprint density at radius 3 is 2.45 bits per heavy atom. The highest BCUT2D eigenvalue weighted by Crippen LogP contribution is 2.13. The predicted octanol–water partition coefficient (Wildman–Crippen LogP) is 1.24. The highest BCUT2D eigenvalue weighted by molar-refractivity contribution is 9.09. The fourth-order valence-corrected chi connectivity index (χ4v) is 1.35. The van der Waals surface area contributed by atoms with Gasteiger partial charge in [0.15, 0.2) is 0 Å². The summed E-state index contributed by atoms with van der Waals surface area (Å²) in [5.74, 6) is -1.54. The maximum Gasteiger partial charge on any atom is 0.309 e. The van der Waals surface area contributed by atoms with Gasteiger partial charge in [-0.05, 0) is 6.42 Å². The molecular formula is C7H13BrO3. The molecule has 0 aliphatic rings. The van der Waals surface area contributed by atoms with E-state index >= 15 is 0 Å². The minimum Gasteiger partial charge on any atom is -0.481 e. The number of hydrogen-bond donors (Lipinski definition) is 2. The van der Waals surface area contributed by atoms with E-state index in [-0.39, 0.29) is 0 Å². The van der Waals surface area contributed by atoms with Crippen LogP contribution < -0.4 is 0 Å². The first-order chi connectivity index (χ1) is 5.13. The smallest absolute Gasteiger partial charge is 0.309 e. The summed E-state index contributed by atoms with van der Waals surface area (Å²) < 4.78 is 0. The Labute approximate surface area is 74.5 Å². The molecule has 4 heteroatoms. The molecule has 0 spiro atoms. The van der Waals surface area contributed by atoms with Crippen LogP contribution in [-0.2, 0) is 4.79 Å². The number of aliphatic hydroxyl groups excluding tert-OH is 1. The van der Waals surface area contributed by atoms with E-state index in [0.29, 0.717) is 11.8 Å². The van der Waals surface area contributed by atoms with Crippen molar-refractivity contribution in [3.8, 4) is 0 Å². The van der Waals surface area contributed by atoms with Crippen LogP contribution in [-0.4, -0.2) is 27.6 Å². The minimum absolute atomic E-state index is 0.323. The van der Waals surface area contributed by atoms with Gasteiger partial charge in [-0.2, -0.15) is 0 Å². The van der Waals surface area contributed by atoms with Crippen molar-refractivity contribution in [2.45, 2.75) is 25.9 Å². The van der Waals surface area contributed by atoms with Gasteiger partial charge in [0.25, 0.3) is 0 Å². The van der Waals surface area contributed by atoms with Gasteiger partial charge < -0.3 is 10.2 Å². The minimum atomic E-state index is -0.918. The van der Waals surface area contributed by atoms with E-state index in [0.717, 1.165) is 6.42 Å². The molecule has 3 nitrogen and oxygen atoms in total. The zero-order valence-electron chi connectivity index (χ0n) is 6.46. The third-order valence-electron chi connectivity index (χ3n) is 1.54. The van der Waals surface area contributed by atoms with Crippen LogP contribution in [0.4, 0.5) is 0 Å². The number of carboxylic acids is 1. The van der Waals surface area contributed by atoms with Crippen LogP contribution in [0.2, 0.25) is 0 Å². The number of hydrogen-bond acceptors (Lipinski definition) is 2. The molecule has 0 bridgehead atoms. The highest BCUT2D eigenvalue weighted by atomic mass is 79.9. The Kier molecular flexibility index (Phi) is 5.50. The average molecular weight is 225 g/mol. The summed E-state index contributed by atoms with van der Waals surface area (Å²) in [7, 11) is 0. The molecule has 0 radical (unpaired) electrons. The molecule has 0 aliphatic carbocycles. The van der Waals surface area contributed by atoms with E-state index < -0.39 is 18.0 Å². The van der Waals surface area contributed by atoms with E-state index in [4.69, 9.17) is 5.11 Å². The number of carbonyl (C=O) groups is 1. The van der Waals surface area contributed by atoms with Crippen LogP contribution in [0.1, 0.15) is 19.8 Å². The van der Waals surface area contributed by atoms with E-state index in [1.807, 2.05) is 6.92 Å². The van der Waals surface area contributed by atoms with E-state index in [9.17, 15) is 9.90 Å². The Morgan fingerprint density at radius 1 is 1.64 bits per heavy atom. The first kappa shape index (κ1) is 10.9. The van der Waals surface area contributed by atoms with Crippen molar-refractivity contribution in [3.05, 3.63) is 0 Å². The molecule has 0 fully saturated rings. The monoisotopic (exact) mass is 224 g/mol. The number of halogens is 1. The van der Waals surface area contributed by atoms with Gasteiger partial charge in [0, 0.05) is 5.33 Å². The molecule has 0 aromatic rings. The third-order valence-corrected chi connectivity index (χ3v) is 2.20. The number of aliphatic hydroxyl groups is 1. The van der Waals surface area contributed by atoms with Gasteiger partial charge in [-0.3, -0.25) is 4.79 Å². The molecule has 0 aliphatic heterocycles. The van der Waals surface area contributed by atoms with Gasteiger partial charge >= 0.3 is 5.97 Å². The lowest BCUT2D eigenvalue weighted by atomic mass is 9.99. The van der Waals surface area contributed by atoms with E-state index in [1.165, 1.54) is 0 Å². The number of rotatable bonds is 5. The second-order valence-corrected chi connectivity index (χ2v) is 3.10. The fraction of sp³-hybridized carbons (Fsp3) is 0.857. The standard InChI is InChI=1S/C7H13BrO3/c1-2-3-5(7(10)11)6(9)4-8/h5-6,9H,2-4H2,1H3,(H,10,11)/t5?,6-/m0/s1. The number of carboxylic acid groups (broad SMARTS) is 1. The molecule has 0 aromatic heterocycles. The lowest BCUT2D eigenvalue weighted by molar-refractivity contribution is -0.145. The topological polar surface area (TPSA) is 57.5 Å². The zero-order chi connectivity index (χ0) is 8.85. The summed E-state index contributed by atoms with van der Waals surface area (Å²) in [6.07, 6.45) is 0.538. The second-order valence-electron chi connectivity index (χ2n) is 2.46. The largest absolute Gasteiger partial charge is 0.481 e. The molecule has 0 rings (SSSR count). The van der Waals surface area contributed by atoms with Crippen LogP contribution >= 0.6 is 15.9 Å². The molecule has 1 unspecified atom stereocenters. The summed E-state index contributed by atoms with van der Waals surface area (Å²) in [6, 6.07) is 0. The Balaban J connectivity index is 3.97. The van der Waals surface area contributed by atoms with Gasteiger partial charge in [-0.15, -0.1) is 0 Å². The van der Waals surface area contributed by atoms with Crippen LogP contribution in [0.3, 0.4) is 0 Å². The average Bonchev–Trinajstić information content (AvgIpc) is 1.98. The van der Waals surface area contributed by atoms with E-state index in [1.54, 1.807) is 0 Å². The maximum atomic E-state index is 10.5. The van der Waals surface area contributed by atoms with Crippen LogP contribution in [0.25, 0.3) is 0 Å². The molecule has 2 atom stereocenters. The lowest BCUT2D eigenvalue weighted by Gasteiger charge is -2.15. The van der Waals surface area contributed by atoms with Crippen LogP contribution in [0.15, 0.2) is 0 Å². The molecule has 0 saturated heterocycles. The van der Waals surface area contributed by atoms with Crippen molar-refractivity contribution in [3.63, 3.8) is 0 Å². The van der Waals surface area contributed by atoms with Gasteiger partial charge in [0.2, 0.25) is 0 Å². The van der Waals surface area contributed by atoms with Crippen LogP contribution in [0, 0.1) is 5.92 Å². The molecule has 0 heterocycles. The van der Waals surface area contributed by atoms with Crippen molar-refractivity contribution >= 4 is 21.9 Å². The molecule has 11 heavy (non-hydrogen) atoms. The molecule has 0 amide bonds. The van der Waals surface area contributed by atoms with Crippen molar-refractivity contribution in [1.82, 2.24) is 0 Å². The zero-order valence-corrected chi connectivity index (χ0v) is 8.04. The van der Waals surface area contributed by atoms with Crippen molar-refractivity contribution in [2.24, 2.45) is 5.92 Å². The summed E-state index contributed by atoms with van der Waals surface area (Å²) in [5, 5.41) is 18.1. The lowest BCUT2D eigenvalue weighted by Crippen LogP contribution is -2.29. The normalized spacial score (nSPS) is 15.9. The highest BCUT2D eigenvalue weighted by Gasteiger charge is 2.24. The second kappa shape index (κ2) is 5.55. The van der Waals surface area contributed by atoms with Crippen molar-refractivity contribution in [1.29, 1.82) is 0 Å². The predicted molar refractivity (Wildman–Crippen MR) is 45.8 cm³/mol.